The van der Waals surface area contributed by atoms with Gasteiger partial charge in [0.2, 0.25) is 5.16 Å². The van der Waals surface area contributed by atoms with Crippen LogP contribution in [0.1, 0.15) is 23.3 Å². The molecule has 0 aliphatic rings. The maximum absolute atomic E-state index is 6.27. The molecule has 0 bridgehead atoms. The third-order valence-corrected chi connectivity index (χ3v) is 5.07. The molecule has 0 aliphatic heterocycles. The topological polar surface area (TPSA) is 52.8 Å². The van der Waals surface area contributed by atoms with Crippen molar-refractivity contribution in [3.8, 4) is 5.75 Å². The molecule has 124 valence electrons. The molecular weight excluding hydrogens is 344 g/mol. The summed E-state index contributed by atoms with van der Waals surface area (Å²) in [6, 6.07) is 15.7. The lowest BCUT2D eigenvalue weighted by molar-refractivity contribution is 0.414. The van der Waals surface area contributed by atoms with Crippen LogP contribution in [0.4, 0.5) is 0 Å². The lowest BCUT2D eigenvalue weighted by Crippen LogP contribution is -2.04. The van der Waals surface area contributed by atoms with Gasteiger partial charge in [-0.05, 0) is 46.7 Å². The van der Waals surface area contributed by atoms with Gasteiger partial charge in [0.05, 0.1) is 13.7 Å². The second-order valence-electron chi connectivity index (χ2n) is 5.25. The van der Waals surface area contributed by atoms with E-state index in [1.54, 1.807) is 23.6 Å². The van der Waals surface area contributed by atoms with Crippen LogP contribution in [-0.2, 0) is 6.54 Å². The van der Waals surface area contributed by atoms with E-state index >= 15 is 0 Å². The Morgan fingerprint density at radius 2 is 1.92 bits per heavy atom. The molecule has 1 heterocycles. The van der Waals surface area contributed by atoms with Gasteiger partial charge < -0.3 is 4.74 Å². The molecule has 0 saturated carbocycles. The predicted molar refractivity (Wildman–Crippen MR) is 95.6 cm³/mol. The van der Waals surface area contributed by atoms with Crippen molar-refractivity contribution >= 4 is 23.4 Å². The first-order chi connectivity index (χ1) is 11.7. The van der Waals surface area contributed by atoms with E-state index in [-0.39, 0.29) is 5.25 Å². The number of nitrogens with zero attached hydrogens (tertiary/aromatic N) is 4. The quantitative estimate of drug-likeness (QED) is 0.615. The molecular formula is C17H17ClN4OS. The molecule has 0 amide bonds. The molecule has 24 heavy (non-hydrogen) atoms. The van der Waals surface area contributed by atoms with Crippen LogP contribution in [0, 0.1) is 0 Å². The number of aromatic nitrogens is 4. The van der Waals surface area contributed by atoms with Crippen LogP contribution >= 0.6 is 23.4 Å². The van der Waals surface area contributed by atoms with Gasteiger partial charge >= 0.3 is 0 Å². The number of hydrogen-bond donors (Lipinski definition) is 0. The summed E-state index contributed by atoms with van der Waals surface area (Å²) in [4.78, 5) is 0. The first-order valence-corrected chi connectivity index (χ1v) is 8.73. The zero-order valence-electron chi connectivity index (χ0n) is 13.4. The van der Waals surface area contributed by atoms with E-state index in [1.807, 2.05) is 48.5 Å². The molecule has 0 radical (unpaired) electrons. The summed E-state index contributed by atoms with van der Waals surface area (Å²) in [5.74, 6) is 0.831. The van der Waals surface area contributed by atoms with Crippen LogP contribution < -0.4 is 4.74 Å². The summed E-state index contributed by atoms with van der Waals surface area (Å²) < 4.78 is 6.97. The Morgan fingerprint density at radius 3 is 2.62 bits per heavy atom. The molecule has 0 saturated heterocycles. The number of rotatable bonds is 6. The van der Waals surface area contributed by atoms with Gasteiger partial charge in [0.25, 0.3) is 0 Å². The molecule has 3 rings (SSSR count). The van der Waals surface area contributed by atoms with E-state index in [4.69, 9.17) is 16.3 Å². The normalized spacial score (nSPS) is 12.1. The first kappa shape index (κ1) is 16.8. The Kier molecular flexibility index (Phi) is 5.37. The molecule has 0 spiro atoms. The molecule has 3 aromatic rings. The number of hydrogen-bond acceptors (Lipinski definition) is 5. The van der Waals surface area contributed by atoms with Crippen molar-refractivity contribution in [2.45, 2.75) is 23.9 Å². The van der Waals surface area contributed by atoms with Gasteiger partial charge in [0.1, 0.15) is 5.75 Å². The number of thioether (sulfide) groups is 1. The highest BCUT2D eigenvalue weighted by molar-refractivity contribution is 7.99. The lowest BCUT2D eigenvalue weighted by atomic mass is 10.2. The minimum absolute atomic E-state index is 0.152. The Balaban J connectivity index is 1.74. The van der Waals surface area contributed by atoms with Crippen LogP contribution in [0.3, 0.4) is 0 Å². The van der Waals surface area contributed by atoms with Crippen molar-refractivity contribution < 1.29 is 4.74 Å². The lowest BCUT2D eigenvalue weighted by Gasteiger charge is -2.12. The van der Waals surface area contributed by atoms with Crippen LogP contribution in [0.15, 0.2) is 53.7 Å². The van der Waals surface area contributed by atoms with E-state index in [0.717, 1.165) is 27.1 Å². The smallest absolute Gasteiger partial charge is 0.210 e. The zero-order valence-corrected chi connectivity index (χ0v) is 15.0. The minimum Gasteiger partial charge on any atom is -0.497 e. The van der Waals surface area contributed by atoms with E-state index in [9.17, 15) is 0 Å². The summed E-state index contributed by atoms with van der Waals surface area (Å²) in [5.41, 5.74) is 2.18. The fraction of sp³-hybridized carbons (Fsp3) is 0.235. The van der Waals surface area contributed by atoms with Crippen molar-refractivity contribution in [3.05, 3.63) is 64.7 Å². The van der Waals surface area contributed by atoms with Gasteiger partial charge in [-0.2, -0.15) is 0 Å². The number of ether oxygens (including phenoxy) is 1. The molecule has 5 nitrogen and oxygen atoms in total. The van der Waals surface area contributed by atoms with Gasteiger partial charge in [-0.3, -0.25) is 0 Å². The second-order valence-corrected chi connectivity index (χ2v) is 6.96. The van der Waals surface area contributed by atoms with E-state index in [2.05, 4.69) is 22.4 Å². The number of methoxy groups -OCH3 is 1. The first-order valence-electron chi connectivity index (χ1n) is 7.47. The predicted octanol–water partition coefficient (Wildman–Crippen LogP) is 4.24. The van der Waals surface area contributed by atoms with Crippen LogP contribution in [0.2, 0.25) is 5.02 Å². The monoisotopic (exact) mass is 360 g/mol. The Hall–Kier alpha value is -2.05. The third kappa shape index (κ3) is 3.88. The largest absolute Gasteiger partial charge is 0.497 e. The fourth-order valence-corrected chi connectivity index (χ4v) is 3.63. The van der Waals surface area contributed by atoms with Gasteiger partial charge in [0, 0.05) is 10.3 Å². The fourth-order valence-electron chi connectivity index (χ4n) is 2.31. The average Bonchev–Trinajstić information content (AvgIpc) is 3.02. The number of benzene rings is 2. The van der Waals surface area contributed by atoms with Gasteiger partial charge in [-0.25, -0.2) is 4.68 Å². The summed E-state index contributed by atoms with van der Waals surface area (Å²) >= 11 is 7.86. The SMILES string of the molecule is COc1ccc(Cn2nnnc2SC(C)c2ccccc2Cl)cc1. The standard InChI is InChI=1S/C17H17ClN4OS/c1-12(15-5-3-4-6-16(15)18)24-17-19-20-21-22(17)11-13-7-9-14(23-2)10-8-13/h3-10,12H,11H2,1-2H3. The van der Waals surface area contributed by atoms with E-state index < -0.39 is 0 Å². The highest BCUT2D eigenvalue weighted by atomic mass is 35.5. The molecule has 7 heteroatoms. The summed E-state index contributed by atoms with van der Waals surface area (Å²) in [5, 5.41) is 13.7. The van der Waals surface area contributed by atoms with Crippen molar-refractivity contribution in [1.29, 1.82) is 0 Å². The van der Waals surface area contributed by atoms with Crippen LogP contribution in [-0.4, -0.2) is 27.3 Å². The third-order valence-electron chi connectivity index (χ3n) is 3.62. The summed E-state index contributed by atoms with van der Waals surface area (Å²) in [6.45, 7) is 2.70. The van der Waals surface area contributed by atoms with E-state index in [0.29, 0.717) is 6.54 Å². The maximum atomic E-state index is 6.27. The zero-order chi connectivity index (χ0) is 16.9. The van der Waals surface area contributed by atoms with Crippen molar-refractivity contribution in [2.75, 3.05) is 7.11 Å². The maximum Gasteiger partial charge on any atom is 0.210 e. The van der Waals surface area contributed by atoms with Crippen LogP contribution in [0.25, 0.3) is 0 Å². The average molecular weight is 361 g/mol. The molecule has 1 aromatic heterocycles. The summed E-state index contributed by atoms with van der Waals surface area (Å²) in [6.07, 6.45) is 0. The Bertz CT molecular complexity index is 806. The minimum atomic E-state index is 0.152. The molecule has 1 atom stereocenters. The van der Waals surface area contributed by atoms with Crippen molar-refractivity contribution in [1.82, 2.24) is 20.2 Å². The second kappa shape index (κ2) is 7.68. The highest BCUT2D eigenvalue weighted by Crippen LogP contribution is 2.36. The molecule has 0 fully saturated rings. The van der Waals surface area contributed by atoms with Gasteiger partial charge in [0.15, 0.2) is 0 Å². The van der Waals surface area contributed by atoms with Crippen molar-refractivity contribution in [2.24, 2.45) is 0 Å². The Morgan fingerprint density at radius 1 is 1.17 bits per heavy atom. The van der Waals surface area contributed by atoms with E-state index in [1.165, 1.54) is 0 Å². The van der Waals surface area contributed by atoms with Gasteiger partial charge in [-0.1, -0.05) is 53.7 Å². The number of halogens is 1. The van der Waals surface area contributed by atoms with Gasteiger partial charge in [-0.15, -0.1) is 5.10 Å². The molecule has 0 N–H and O–H groups in total. The summed E-state index contributed by atoms with van der Waals surface area (Å²) in [7, 11) is 1.65. The van der Waals surface area contributed by atoms with Crippen LogP contribution in [0.5, 0.6) is 5.75 Å². The Labute approximate surface area is 150 Å². The molecule has 2 aromatic carbocycles. The van der Waals surface area contributed by atoms with Crippen molar-refractivity contribution in [3.63, 3.8) is 0 Å². The highest BCUT2D eigenvalue weighted by Gasteiger charge is 2.15. The molecule has 1 unspecified atom stereocenters. The molecule has 0 aliphatic carbocycles. The number of tetrazole rings is 1.